The number of aromatic nitrogens is 1. The second kappa shape index (κ2) is 2.99. The van der Waals surface area contributed by atoms with Crippen LogP contribution in [0.1, 0.15) is 18.5 Å². The van der Waals surface area contributed by atoms with Crippen molar-refractivity contribution in [1.82, 2.24) is 4.98 Å². The predicted molar refractivity (Wildman–Crippen MR) is 41.8 cm³/mol. The zero-order chi connectivity index (χ0) is 7.56. The van der Waals surface area contributed by atoms with Gasteiger partial charge in [-0.05, 0) is 18.6 Å². The molecular formula is C7H9ClN2. The standard InChI is InChI=1S/C7H9ClN2/c1-5(9)6-2-3-10-4-7(6)8/h2-5H,9H2,1H3/t5-/m0/s1. The van der Waals surface area contributed by atoms with Gasteiger partial charge in [0.05, 0.1) is 5.02 Å². The topological polar surface area (TPSA) is 38.9 Å². The Morgan fingerprint density at radius 3 is 2.80 bits per heavy atom. The third kappa shape index (κ3) is 1.46. The minimum absolute atomic E-state index is 0.0181. The SMILES string of the molecule is C[C@H](N)c1ccncc1Cl. The first-order chi connectivity index (χ1) is 4.72. The summed E-state index contributed by atoms with van der Waals surface area (Å²) in [5, 5.41) is 0.637. The summed E-state index contributed by atoms with van der Waals surface area (Å²) in [7, 11) is 0. The van der Waals surface area contributed by atoms with Gasteiger partial charge in [-0.2, -0.15) is 0 Å². The highest BCUT2D eigenvalue weighted by Gasteiger charge is 2.02. The Morgan fingerprint density at radius 1 is 1.70 bits per heavy atom. The van der Waals surface area contributed by atoms with E-state index in [1.165, 1.54) is 0 Å². The van der Waals surface area contributed by atoms with Gasteiger partial charge in [-0.3, -0.25) is 4.98 Å². The van der Waals surface area contributed by atoms with E-state index in [0.717, 1.165) is 5.56 Å². The van der Waals surface area contributed by atoms with Crippen LogP contribution in [0.15, 0.2) is 18.5 Å². The Hall–Kier alpha value is -0.600. The number of halogens is 1. The lowest BCUT2D eigenvalue weighted by molar-refractivity contribution is 0.816. The maximum Gasteiger partial charge on any atom is 0.0636 e. The minimum Gasteiger partial charge on any atom is -0.324 e. The van der Waals surface area contributed by atoms with Crippen LogP contribution >= 0.6 is 11.6 Å². The van der Waals surface area contributed by atoms with Gasteiger partial charge in [0.15, 0.2) is 0 Å². The van der Waals surface area contributed by atoms with Crippen LogP contribution in [0, 0.1) is 0 Å². The fraction of sp³-hybridized carbons (Fsp3) is 0.286. The van der Waals surface area contributed by atoms with Gasteiger partial charge in [0.1, 0.15) is 0 Å². The van der Waals surface area contributed by atoms with Gasteiger partial charge in [-0.25, -0.2) is 0 Å². The molecule has 1 atom stereocenters. The van der Waals surface area contributed by atoms with Crippen LogP contribution < -0.4 is 5.73 Å². The number of pyridine rings is 1. The first-order valence-electron chi connectivity index (χ1n) is 3.07. The molecule has 2 nitrogen and oxygen atoms in total. The first kappa shape index (κ1) is 7.51. The molecule has 3 heteroatoms. The molecule has 0 saturated heterocycles. The Bertz CT molecular complexity index is 223. The maximum atomic E-state index is 5.78. The predicted octanol–water partition coefficient (Wildman–Crippen LogP) is 1.75. The van der Waals surface area contributed by atoms with Gasteiger partial charge >= 0.3 is 0 Å². The highest BCUT2D eigenvalue weighted by Crippen LogP contribution is 2.18. The number of hydrogen-bond acceptors (Lipinski definition) is 2. The molecule has 1 aromatic rings. The summed E-state index contributed by atoms with van der Waals surface area (Å²) in [5.41, 5.74) is 6.54. The summed E-state index contributed by atoms with van der Waals surface area (Å²) in [6.45, 7) is 1.89. The van der Waals surface area contributed by atoms with E-state index in [0.29, 0.717) is 5.02 Å². The third-order valence-corrected chi connectivity index (χ3v) is 1.61. The molecule has 0 aliphatic rings. The Morgan fingerprint density at radius 2 is 2.40 bits per heavy atom. The molecular weight excluding hydrogens is 148 g/mol. The number of nitrogens with zero attached hydrogens (tertiary/aromatic N) is 1. The van der Waals surface area contributed by atoms with E-state index in [-0.39, 0.29) is 6.04 Å². The molecule has 0 saturated carbocycles. The lowest BCUT2D eigenvalue weighted by atomic mass is 10.1. The largest absolute Gasteiger partial charge is 0.324 e. The molecule has 0 fully saturated rings. The average Bonchev–Trinajstić information content (AvgIpc) is 1.88. The first-order valence-corrected chi connectivity index (χ1v) is 3.44. The zero-order valence-electron chi connectivity index (χ0n) is 5.71. The van der Waals surface area contributed by atoms with Gasteiger partial charge in [0, 0.05) is 18.4 Å². The molecule has 2 N–H and O–H groups in total. The molecule has 0 aliphatic heterocycles. The van der Waals surface area contributed by atoms with Crippen LogP contribution in [0.4, 0.5) is 0 Å². The van der Waals surface area contributed by atoms with Crippen molar-refractivity contribution in [2.45, 2.75) is 13.0 Å². The highest BCUT2D eigenvalue weighted by molar-refractivity contribution is 6.31. The van der Waals surface area contributed by atoms with Gasteiger partial charge in [0.25, 0.3) is 0 Å². The quantitative estimate of drug-likeness (QED) is 0.673. The van der Waals surface area contributed by atoms with E-state index in [9.17, 15) is 0 Å². The summed E-state index contributed by atoms with van der Waals surface area (Å²) >= 11 is 5.78. The number of rotatable bonds is 1. The molecule has 0 aromatic carbocycles. The van der Waals surface area contributed by atoms with Crippen LogP contribution in [0.3, 0.4) is 0 Å². The van der Waals surface area contributed by atoms with Gasteiger partial charge in [-0.1, -0.05) is 11.6 Å². The third-order valence-electron chi connectivity index (χ3n) is 1.29. The number of nitrogens with two attached hydrogens (primary N) is 1. The Kier molecular flexibility index (Phi) is 2.25. The summed E-state index contributed by atoms with van der Waals surface area (Å²) < 4.78 is 0. The van der Waals surface area contributed by atoms with E-state index in [1.807, 2.05) is 13.0 Å². The van der Waals surface area contributed by atoms with Crippen LogP contribution in [0.2, 0.25) is 5.02 Å². The van der Waals surface area contributed by atoms with E-state index >= 15 is 0 Å². The summed E-state index contributed by atoms with van der Waals surface area (Å²) in [4.78, 5) is 3.84. The Labute approximate surface area is 65.0 Å². The van der Waals surface area contributed by atoms with Crippen LogP contribution in [-0.2, 0) is 0 Å². The normalized spacial score (nSPS) is 13.1. The van der Waals surface area contributed by atoms with Crippen LogP contribution in [-0.4, -0.2) is 4.98 Å². The second-order valence-corrected chi connectivity index (χ2v) is 2.59. The van der Waals surface area contributed by atoms with Crippen molar-refractivity contribution >= 4 is 11.6 Å². The lowest BCUT2D eigenvalue weighted by Crippen LogP contribution is -2.05. The summed E-state index contributed by atoms with van der Waals surface area (Å²) in [6, 6.07) is 1.81. The molecule has 1 rings (SSSR count). The van der Waals surface area contributed by atoms with Crippen molar-refractivity contribution in [2.75, 3.05) is 0 Å². The van der Waals surface area contributed by atoms with Crippen molar-refractivity contribution in [2.24, 2.45) is 5.73 Å². The van der Waals surface area contributed by atoms with Crippen molar-refractivity contribution in [3.63, 3.8) is 0 Å². The van der Waals surface area contributed by atoms with Gasteiger partial charge in [0.2, 0.25) is 0 Å². The van der Waals surface area contributed by atoms with Crippen LogP contribution in [0.5, 0.6) is 0 Å². The molecule has 0 radical (unpaired) electrons. The molecule has 0 amide bonds. The molecule has 0 unspecified atom stereocenters. The van der Waals surface area contributed by atoms with E-state index in [4.69, 9.17) is 17.3 Å². The molecule has 0 bridgehead atoms. The molecule has 1 heterocycles. The lowest BCUT2D eigenvalue weighted by Gasteiger charge is -2.05. The second-order valence-electron chi connectivity index (χ2n) is 2.19. The Balaban J connectivity index is 3.03. The van der Waals surface area contributed by atoms with Crippen molar-refractivity contribution in [3.05, 3.63) is 29.0 Å². The van der Waals surface area contributed by atoms with E-state index in [2.05, 4.69) is 4.98 Å². The molecule has 0 aliphatic carbocycles. The maximum absolute atomic E-state index is 5.78. The monoisotopic (exact) mass is 156 g/mol. The highest BCUT2D eigenvalue weighted by atomic mass is 35.5. The van der Waals surface area contributed by atoms with E-state index in [1.54, 1.807) is 12.4 Å². The molecule has 54 valence electrons. The summed E-state index contributed by atoms with van der Waals surface area (Å²) in [5.74, 6) is 0. The number of hydrogen-bond donors (Lipinski definition) is 1. The fourth-order valence-corrected chi connectivity index (χ4v) is 1.05. The van der Waals surface area contributed by atoms with Crippen molar-refractivity contribution in [1.29, 1.82) is 0 Å². The smallest absolute Gasteiger partial charge is 0.0636 e. The van der Waals surface area contributed by atoms with Crippen molar-refractivity contribution in [3.8, 4) is 0 Å². The summed E-state index contributed by atoms with van der Waals surface area (Å²) in [6.07, 6.45) is 3.28. The van der Waals surface area contributed by atoms with Crippen molar-refractivity contribution < 1.29 is 0 Å². The molecule has 10 heavy (non-hydrogen) atoms. The average molecular weight is 157 g/mol. The fourth-order valence-electron chi connectivity index (χ4n) is 0.755. The van der Waals surface area contributed by atoms with E-state index < -0.39 is 0 Å². The molecule has 1 aromatic heterocycles. The van der Waals surface area contributed by atoms with Gasteiger partial charge < -0.3 is 5.73 Å². The van der Waals surface area contributed by atoms with Gasteiger partial charge in [-0.15, -0.1) is 0 Å². The van der Waals surface area contributed by atoms with Crippen LogP contribution in [0.25, 0.3) is 0 Å². The molecule has 0 spiro atoms. The zero-order valence-corrected chi connectivity index (χ0v) is 6.47. The minimum atomic E-state index is -0.0181.